The van der Waals surface area contributed by atoms with Crippen molar-refractivity contribution >= 4 is 27.9 Å². The van der Waals surface area contributed by atoms with Crippen LogP contribution in [-0.2, 0) is 11.8 Å². The molecule has 1 aliphatic rings. The van der Waals surface area contributed by atoms with Gasteiger partial charge in [-0.05, 0) is 101 Å². The number of benzene rings is 1. The molecule has 0 amide bonds. The Bertz CT molecular complexity index is 1360. The van der Waals surface area contributed by atoms with Gasteiger partial charge in [-0.3, -0.25) is 0 Å². The third kappa shape index (κ3) is 5.88. The number of aryl methyl sites for hydroxylation is 1. The lowest BCUT2D eigenvalue weighted by molar-refractivity contribution is 0.201. The van der Waals surface area contributed by atoms with Crippen LogP contribution in [0.3, 0.4) is 0 Å². The minimum Gasteiger partial charge on any atom is -0.383 e. The maximum atomic E-state index is 6.05. The van der Waals surface area contributed by atoms with Gasteiger partial charge in [-0.2, -0.15) is 0 Å². The number of hydrogen-bond acceptors (Lipinski definition) is 5. The van der Waals surface area contributed by atoms with Gasteiger partial charge >= 0.3 is 0 Å². The fourth-order valence-electron chi connectivity index (χ4n) is 6.08. The molecule has 7 nitrogen and oxygen atoms in total. The molecule has 0 bridgehead atoms. The second kappa shape index (κ2) is 11.0. The van der Waals surface area contributed by atoms with Crippen molar-refractivity contribution in [1.82, 2.24) is 29.4 Å². The zero-order valence-corrected chi connectivity index (χ0v) is 23.9. The van der Waals surface area contributed by atoms with Crippen molar-refractivity contribution in [2.24, 2.45) is 5.92 Å². The van der Waals surface area contributed by atoms with Crippen molar-refractivity contribution in [3.63, 3.8) is 0 Å². The van der Waals surface area contributed by atoms with E-state index in [0.29, 0.717) is 17.9 Å². The molecule has 2 atom stereocenters. The Balaban J connectivity index is 1.09. The molecule has 38 heavy (non-hydrogen) atoms. The average molecular weight is 516 g/mol. The number of H-pyrrole nitrogens is 1. The number of rotatable bonds is 10. The first-order valence-corrected chi connectivity index (χ1v) is 14.5. The summed E-state index contributed by atoms with van der Waals surface area (Å²) in [5, 5.41) is 0.972. The molecule has 204 valence electrons. The number of unbranched alkanes of at least 4 members (excludes halogenated alkanes) is 1. The van der Waals surface area contributed by atoms with E-state index in [2.05, 4.69) is 89.5 Å². The van der Waals surface area contributed by atoms with Gasteiger partial charge in [-0.1, -0.05) is 26.8 Å². The second-order valence-electron chi connectivity index (χ2n) is 12.6. The fourth-order valence-corrected chi connectivity index (χ4v) is 6.08. The molecule has 3 aromatic heterocycles. The summed E-state index contributed by atoms with van der Waals surface area (Å²) in [6, 6.07) is 9.79. The lowest BCUT2D eigenvalue weighted by Gasteiger charge is -2.27. The topological polar surface area (TPSA) is 88.7 Å². The van der Waals surface area contributed by atoms with E-state index >= 15 is 0 Å². The molecule has 0 aliphatic heterocycles. The molecule has 5 rings (SSSR count). The number of anilines is 1. The molecule has 1 saturated carbocycles. The molecule has 0 unspecified atom stereocenters. The molecule has 0 spiro atoms. The summed E-state index contributed by atoms with van der Waals surface area (Å²) in [7, 11) is 0. The molecule has 1 aliphatic carbocycles. The van der Waals surface area contributed by atoms with Crippen molar-refractivity contribution in [2.45, 2.75) is 97.1 Å². The first kappa shape index (κ1) is 26.7. The van der Waals surface area contributed by atoms with Gasteiger partial charge in [-0.15, -0.1) is 0 Å². The van der Waals surface area contributed by atoms with Crippen LogP contribution in [0.1, 0.15) is 90.6 Å². The smallest absolute Gasteiger partial charge is 0.145 e. The Morgan fingerprint density at radius 2 is 1.95 bits per heavy atom. The van der Waals surface area contributed by atoms with Crippen LogP contribution in [0.25, 0.3) is 22.1 Å². The van der Waals surface area contributed by atoms with Crippen LogP contribution < -0.4 is 5.73 Å². The van der Waals surface area contributed by atoms with E-state index in [1.165, 1.54) is 44.2 Å². The van der Waals surface area contributed by atoms with E-state index in [1.807, 2.05) is 0 Å². The second-order valence-corrected chi connectivity index (χ2v) is 12.6. The third-order valence-corrected chi connectivity index (χ3v) is 8.51. The summed E-state index contributed by atoms with van der Waals surface area (Å²) in [4.78, 5) is 19.7. The first-order valence-electron chi connectivity index (χ1n) is 14.5. The zero-order chi connectivity index (χ0) is 26.9. The van der Waals surface area contributed by atoms with E-state index in [1.54, 1.807) is 6.33 Å². The van der Waals surface area contributed by atoms with Crippen molar-refractivity contribution < 1.29 is 0 Å². The van der Waals surface area contributed by atoms with Gasteiger partial charge in [0.15, 0.2) is 0 Å². The van der Waals surface area contributed by atoms with Gasteiger partial charge in [0.25, 0.3) is 0 Å². The Labute approximate surface area is 227 Å². The summed E-state index contributed by atoms with van der Waals surface area (Å²) >= 11 is 0. The quantitative estimate of drug-likeness (QED) is 0.231. The summed E-state index contributed by atoms with van der Waals surface area (Å²) < 4.78 is 2.33. The predicted molar refractivity (Wildman–Crippen MR) is 157 cm³/mol. The van der Waals surface area contributed by atoms with Crippen LogP contribution in [0.5, 0.6) is 0 Å². The number of aromatic amines is 1. The Morgan fingerprint density at radius 3 is 2.74 bits per heavy atom. The summed E-state index contributed by atoms with van der Waals surface area (Å²) in [5.74, 6) is 2.46. The standard InChI is InChI=1S/C31H45N7/c1-21(2)37(15-7-6-8-28-35-26-12-10-23(31(3,4)5)19-27(26)36-28)16-13-22-9-11-24(18-22)38-17-14-25-29(32)33-20-34-30(25)38/h10,12,14,17,19-22,24H,6-9,11,13,15-16,18H2,1-5H3,(H,35,36)(H2,32,33,34)/t22-,24-/m0/s1. The number of nitrogens with one attached hydrogen (secondary N) is 1. The van der Waals surface area contributed by atoms with Crippen molar-refractivity contribution in [3.05, 3.63) is 48.2 Å². The monoisotopic (exact) mass is 515 g/mol. The van der Waals surface area contributed by atoms with E-state index in [0.717, 1.165) is 53.2 Å². The van der Waals surface area contributed by atoms with Gasteiger partial charge in [0.1, 0.15) is 23.6 Å². The van der Waals surface area contributed by atoms with Gasteiger partial charge in [-0.25, -0.2) is 15.0 Å². The third-order valence-electron chi connectivity index (χ3n) is 8.51. The highest BCUT2D eigenvalue weighted by Crippen LogP contribution is 2.38. The number of nitrogens with zero attached hydrogens (tertiary/aromatic N) is 5. The van der Waals surface area contributed by atoms with Gasteiger partial charge in [0.2, 0.25) is 0 Å². The number of nitrogen functional groups attached to an aromatic ring is 1. The molecule has 0 radical (unpaired) electrons. The van der Waals surface area contributed by atoms with E-state index in [-0.39, 0.29) is 5.41 Å². The highest BCUT2D eigenvalue weighted by atomic mass is 15.1. The van der Waals surface area contributed by atoms with E-state index < -0.39 is 0 Å². The van der Waals surface area contributed by atoms with Gasteiger partial charge < -0.3 is 20.2 Å². The summed E-state index contributed by atoms with van der Waals surface area (Å²) in [6.45, 7) is 13.8. The van der Waals surface area contributed by atoms with E-state index in [9.17, 15) is 0 Å². The maximum absolute atomic E-state index is 6.05. The number of nitrogens with two attached hydrogens (primary N) is 1. The van der Waals surface area contributed by atoms with Gasteiger partial charge in [0, 0.05) is 24.7 Å². The number of imidazole rings is 1. The van der Waals surface area contributed by atoms with Crippen molar-refractivity contribution in [1.29, 1.82) is 0 Å². The average Bonchev–Trinajstić information content (AvgIpc) is 3.60. The summed E-state index contributed by atoms with van der Waals surface area (Å²) in [6.07, 6.45) is 12.1. The highest BCUT2D eigenvalue weighted by molar-refractivity contribution is 5.86. The maximum Gasteiger partial charge on any atom is 0.145 e. The number of fused-ring (bicyclic) bond motifs is 2. The van der Waals surface area contributed by atoms with Crippen molar-refractivity contribution in [3.8, 4) is 0 Å². The highest BCUT2D eigenvalue weighted by Gasteiger charge is 2.27. The molecular weight excluding hydrogens is 470 g/mol. The lowest BCUT2D eigenvalue weighted by Crippen LogP contribution is -2.33. The molecule has 0 saturated heterocycles. The van der Waals surface area contributed by atoms with Crippen molar-refractivity contribution in [2.75, 3.05) is 18.8 Å². The molecule has 1 fully saturated rings. The Kier molecular flexibility index (Phi) is 7.75. The van der Waals surface area contributed by atoms with Crippen LogP contribution in [-0.4, -0.2) is 48.5 Å². The van der Waals surface area contributed by atoms with Crippen LogP contribution in [0.15, 0.2) is 36.8 Å². The Hall–Kier alpha value is -2.93. The molecule has 3 N–H and O–H groups in total. The Morgan fingerprint density at radius 1 is 1.11 bits per heavy atom. The molecule has 4 aromatic rings. The van der Waals surface area contributed by atoms with Gasteiger partial charge in [0.05, 0.1) is 16.4 Å². The van der Waals surface area contributed by atoms with Crippen LogP contribution in [0.4, 0.5) is 5.82 Å². The SMILES string of the molecule is CC(C)N(CCCCc1nc2ccc(C(C)(C)C)cc2[nH]1)CC[C@@H]1CC[C@H](n2ccc3c(N)ncnc32)C1. The molecule has 7 heteroatoms. The zero-order valence-electron chi connectivity index (χ0n) is 23.9. The molecule has 3 heterocycles. The molecular formula is C31H45N7. The number of hydrogen-bond donors (Lipinski definition) is 2. The van der Waals surface area contributed by atoms with E-state index in [4.69, 9.17) is 10.7 Å². The minimum atomic E-state index is 0.152. The lowest BCUT2D eigenvalue weighted by atomic mass is 9.87. The summed E-state index contributed by atoms with van der Waals surface area (Å²) in [5.41, 5.74) is 10.8. The van der Waals surface area contributed by atoms with Crippen LogP contribution in [0, 0.1) is 5.92 Å². The normalized spacial score (nSPS) is 18.5. The molecule has 1 aromatic carbocycles. The largest absolute Gasteiger partial charge is 0.383 e. The minimum absolute atomic E-state index is 0.152. The first-order chi connectivity index (χ1) is 18.2. The van der Waals surface area contributed by atoms with Crippen LogP contribution in [0.2, 0.25) is 0 Å². The predicted octanol–water partition coefficient (Wildman–Crippen LogP) is 6.65. The fraction of sp³-hybridized carbons (Fsp3) is 0.581. The number of aromatic nitrogens is 5. The van der Waals surface area contributed by atoms with Crippen LogP contribution >= 0.6 is 0 Å².